The third-order valence-corrected chi connectivity index (χ3v) is 7.62. The number of anilines is 1. The molecule has 2 aromatic rings. The molecule has 0 spiro atoms. The van der Waals surface area contributed by atoms with E-state index in [2.05, 4.69) is 20.5 Å². The summed E-state index contributed by atoms with van der Waals surface area (Å²) < 4.78 is 0. The summed E-state index contributed by atoms with van der Waals surface area (Å²) in [6.45, 7) is 6.57. The fraction of sp³-hybridized carbons (Fsp3) is 0.519. The number of hydrogen-bond donors (Lipinski definition) is 3. The highest BCUT2D eigenvalue weighted by molar-refractivity contribution is 6.30. The predicted octanol–water partition coefficient (Wildman–Crippen LogP) is 3.83. The Bertz CT molecular complexity index is 1020. The van der Waals surface area contributed by atoms with Crippen LogP contribution in [0.25, 0.3) is 0 Å². The van der Waals surface area contributed by atoms with E-state index in [9.17, 15) is 9.59 Å². The van der Waals surface area contributed by atoms with Crippen LogP contribution < -0.4 is 16.4 Å². The van der Waals surface area contributed by atoms with E-state index in [0.29, 0.717) is 17.4 Å². The van der Waals surface area contributed by atoms with Gasteiger partial charge in [0.2, 0.25) is 5.91 Å². The van der Waals surface area contributed by atoms with Gasteiger partial charge in [-0.05, 0) is 87.0 Å². The van der Waals surface area contributed by atoms with Crippen molar-refractivity contribution in [3.8, 4) is 0 Å². The van der Waals surface area contributed by atoms with Gasteiger partial charge < -0.3 is 21.3 Å². The Morgan fingerprint density at radius 3 is 2.42 bits per heavy atom. The number of carbonyl (C=O) groups excluding carboxylic acids is 2. The Kier molecular flexibility index (Phi) is 9.04. The molecule has 2 aliphatic rings. The molecule has 2 fully saturated rings. The number of aromatic nitrogens is 1. The van der Waals surface area contributed by atoms with E-state index in [0.717, 1.165) is 69.5 Å². The number of nitrogen functional groups attached to an aromatic ring is 1. The van der Waals surface area contributed by atoms with Crippen molar-refractivity contribution in [2.45, 2.75) is 45.2 Å². The van der Waals surface area contributed by atoms with Crippen molar-refractivity contribution >= 4 is 29.4 Å². The maximum atomic E-state index is 13.3. The maximum absolute atomic E-state index is 13.3. The molecule has 0 bridgehead atoms. The average Bonchev–Trinajstić information content (AvgIpc) is 2.88. The van der Waals surface area contributed by atoms with Crippen LogP contribution in [0.1, 0.15) is 49.8 Å². The number of nitrogens with two attached hydrogens (primary N) is 1. The zero-order chi connectivity index (χ0) is 25.5. The van der Waals surface area contributed by atoms with Gasteiger partial charge in [0, 0.05) is 43.3 Å². The van der Waals surface area contributed by atoms with Gasteiger partial charge in [0.25, 0.3) is 0 Å². The first-order chi connectivity index (χ1) is 17.4. The lowest BCUT2D eigenvalue weighted by Crippen LogP contribution is -2.48. The second kappa shape index (κ2) is 12.4. The van der Waals surface area contributed by atoms with Gasteiger partial charge in [-0.1, -0.05) is 23.7 Å². The first-order valence-electron chi connectivity index (χ1n) is 12.9. The van der Waals surface area contributed by atoms with Gasteiger partial charge in [-0.3, -0.25) is 9.69 Å². The van der Waals surface area contributed by atoms with Gasteiger partial charge >= 0.3 is 6.03 Å². The number of halogens is 1. The molecule has 4 rings (SSSR count). The second-order valence-corrected chi connectivity index (χ2v) is 10.3. The number of amides is 3. The van der Waals surface area contributed by atoms with E-state index in [4.69, 9.17) is 17.3 Å². The van der Waals surface area contributed by atoms with Gasteiger partial charge in [-0.2, -0.15) is 0 Å². The zero-order valence-electron chi connectivity index (χ0n) is 21.0. The van der Waals surface area contributed by atoms with E-state index in [1.807, 2.05) is 48.2 Å². The minimum atomic E-state index is -0.169. The van der Waals surface area contributed by atoms with Gasteiger partial charge in [0.15, 0.2) is 0 Å². The standard InChI is InChI=1S/C27H37ClN6O2/c1-2-30-27(36)32-25(20-3-5-23(28)6-4-20)21-10-15-34(16-11-21)26(35)22-8-13-33(14-9-22)18-19-7-12-31-24(29)17-19/h3-7,12,17,21-22,25H,2,8-11,13-16,18H2,1H3,(H2,29,31)(H2,30,32,36). The van der Waals surface area contributed by atoms with Crippen LogP contribution in [0.4, 0.5) is 10.6 Å². The van der Waals surface area contributed by atoms with Crippen LogP contribution >= 0.6 is 11.6 Å². The monoisotopic (exact) mass is 512 g/mol. The van der Waals surface area contributed by atoms with Crippen LogP contribution in [-0.4, -0.2) is 59.4 Å². The molecule has 3 amide bonds. The molecular weight excluding hydrogens is 476 g/mol. The van der Waals surface area contributed by atoms with Gasteiger partial charge in [0.1, 0.15) is 5.82 Å². The van der Waals surface area contributed by atoms with Crippen molar-refractivity contribution in [3.63, 3.8) is 0 Å². The smallest absolute Gasteiger partial charge is 0.315 e. The van der Waals surface area contributed by atoms with E-state index < -0.39 is 0 Å². The number of nitrogens with zero attached hydrogens (tertiary/aromatic N) is 3. The minimum absolute atomic E-state index is 0.0841. The molecule has 194 valence electrons. The Hall–Kier alpha value is -2.84. The van der Waals surface area contributed by atoms with Gasteiger partial charge in [-0.25, -0.2) is 9.78 Å². The third-order valence-electron chi connectivity index (χ3n) is 7.36. The van der Waals surface area contributed by atoms with Crippen LogP contribution in [-0.2, 0) is 11.3 Å². The molecule has 0 radical (unpaired) electrons. The van der Waals surface area contributed by atoms with Crippen LogP contribution in [0.15, 0.2) is 42.6 Å². The number of pyridine rings is 1. The predicted molar refractivity (Wildman–Crippen MR) is 142 cm³/mol. The highest BCUT2D eigenvalue weighted by atomic mass is 35.5. The number of hydrogen-bond acceptors (Lipinski definition) is 5. The summed E-state index contributed by atoms with van der Waals surface area (Å²) in [5, 5.41) is 6.65. The lowest BCUT2D eigenvalue weighted by atomic mass is 9.84. The summed E-state index contributed by atoms with van der Waals surface area (Å²) in [6, 6.07) is 11.3. The average molecular weight is 513 g/mol. The van der Waals surface area contributed by atoms with E-state index in [-0.39, 0.29) is 29.8 Å². The third kappa shape index (κ3) is 6.89. The number of likely N-dealkylation sites (tertiary alicyclic amines) is 2. The fourth-order valence-corrected chi connectivity index (χ4v) is 5.52. The molecule has 2 saturated heterocycles. The van der Waals surface area contributed by atoms with Crippen molar-refractivity contribution in [2.24, 2.45) is 11.8 Å². The zero-order valence-corrected chi connectivity index (χ0v) is 21.7. The molecule has 1 unspecified atom stereocenters. The molecule has 0 aliphatic carbocycles. The molecule has 2 aliphatic heterocycles. The molecule has 0 saturated carbocycles. The summed E-state index contributed by atoms with van der Waals surface area (Å²) in [7, 11) is 0. The first-order valence-corrected chi connectivity index (χ1v) is 13.3. The lowest BCUT2D eigenvalue weighted by Gasteiger charge is -2.39. The Labute approximate surface area is 218 Å². The summed E-state index contributed by atoms with van der Waals surface area (Å²) in [5.74, 6) is 1.16. The number of benzene rings is 1. The number of rotatable bonds is 7. The summed E-state index contributed by atoms with van der Waals surface area (Å²) in [5.41, 5.74) is 8.00. The van der Waals surface area contributed by atoms with E-state index in [1.165, 1.54) is 0 Å². The quantitative estimate of drug-likeness (QED) is 0.523. The van der Waals surface area contributed by atoms with E-state index >= 15 is 0 Å². The van der Waals surface area contributed by atoms with Crippen molar-refractivity contribution in [1.29, 1.82) is 0 Å². The number of piperidine rings is 2. The van der Waals surface area contributed by atoms with Crippen LogP contribution in [0, 0.1) is 11.8 Å². The summed E-state index contributed by atoms with van der Waals surface area (Å²) in [4.78, 5) is 34.1. The fourth-order valence-electron chi connectivity index (χ4n) is 5.40. The maximum Gasteiger partial charge on any atom is 0.315 e. The highest BCUT2D eigenvalue weighted by Gasteiger charge is 2.34. The molecule has 8 nitrogen and oxygen atoms in total. The minimum Gasteiger partial charge on any atom is -0.384 e. The molecule has 36 heavy (non-hydrogen) atoms. The molecule has 4 N–H and O–H groups in total. The molecule has 1 aromatic carbocycles. The Morgan fingerprint density at radius 2 is 1.78 bits per heavy atom. The van der Waals surface area contributed by atoms with Crippen molar-refractivity contribution in [1.82, 2.24) is 25.4 Å². The number of urea groups is 1. The molecule has 1 aromatic heterocycles. The van der Waals surface area contributed by atoms with Crippen LogP contribution in [0.5, 0.6) is 0 Å². The first kappa shape index (κ1) is 26.2. The number of nitrogens with one attached hydrogen (secondary N) is 2. The van der Waals surface area contributed by atoms with Crippen LogP contribution in [0.3, 0.4) is 0 Å². The largest absolute Gasteiger partial charge is 0.384 e. The highest BCUT2D eigenvalue weighted by Crippen LogP contribution is 2.33. The Balaban J connectivity index is 1.29. The second-order valence-electron chi connectivity index (χ2n) is 9.84. The van der Waals surface area contributed by atoms with Gasteiger partial charge in [-0.15, -0.1) is 0 Å². The summed E-state index contributed by atoms with van der Waals surface area (Å²) in [6.07, 6.45) is 5.21. The molecule has 1 atom stereocenters. The summed E-state index contributed by atoms with van der Waals surface area (Å²) >= 11 is 6.09. The molecular formula is C27H37ClN6O2. The SMILES string of the molecule is CCNC(=O)NC(c1ccc(Cl)cc1)C1CCN(C(=O)C2CCN(Cc3ccnc(N)c3)CC2)CC1. The van der Waals surface area contributed by atoms with Crippen LogP contribution in [0.2, 0.25) is 5.02 Å². The lowest BCUT2D eigenvalue weighted by molar-refractivity contribution is -0.138. The van der Waals surface area contributed by atoms with Crippen molar-refractivity contribution in [2.75, 3.05) is 38.5 Å². The normalized spacial score (nSPS) is 18.6. The van der Waals surface area contributed by atoms with Gasteiger partial charge in [0.05, 0.1) is 6.04 Å². The molecule has 3 heterocycles. The topological polar surface area (TPSA) is 104 Å². The van der Waals surface area contributed by atoms with Crippen molar-refractivity contribution in [3.05, 3.63) is 58.7 Å². The molecule has 9 heteroatoms. The van der Waals surface area contributed by atoms with Crippen molar-refractivity contribution < 1.29 is 9.59 Å². The van der Waals surface area contributed by atoms with E-state index in [1.54, 1.807) is 6.20 Å². The Morgan fingerprint density at radius 1 is 1.08 bits per heavy atom. The number of carbonyl (C=O) groups is 2.